The van der Waals surface area contributed by atoms with E-state index in [-0.39, 0.29) is 25.3 Å². The highest BCUT2D eigenvalue weighted by atomic mass is 19.4. The highest BCUT2D eigenvalue weighted by Gasteiger charge is 2.53. The van der Waals surface area contributed by atoms with Crippen LogP contribution in [-0.4, -0.2) is 60.0 Å². The maximum absolute atomic E-state index is 13.9. The van der Waals surface area contributed by atoms with Crippen LogP contribution in [0.2, 0.25) is 0 Å². The second-order valence-electron chi connectivity index (χ2n) is 11.8. The van der Waals surface area contributed by atoms with Gasteiger partial charge in [0.25, 0.3) is 5.91 Å². The number of hydrogen-bond acceptors (Lipinski definition) is 8. The number of esters is 1. The second kappa shape index (κ2) is 14.8. The van der Waals surface area contributed by atoms with E-state index in [1.54, 1.807) is 57.2 Å². The third kappa shape index (κ3) is 9.30. The fourth-order valence-electron chi connectivity index (χ4n) is 4.87. The summed E-state index contributed by atoms with van der Waals surface area (Å²) in [5.41, 5.74) is 4.32. The van der Waals surface area contributed by atoms with Gasteiger partial charge in [0.15, 0.2) is 11.6 Å². The average Bonchev–Trinajstić information content (AvgIpc) is 3.40. The van der Waals surface area contributed by atoms with E-state index >= 15 is 0 Å². The summed E-state index contributed by atoms with van der Waals surface area (Å²) < 4.78 is 56.3. The van der Waals surface area contributed by atoms with Crippen molar-refractivity contribution in [1.82, 2.24) is 10.9 Å². The maximum Gasteiger partial charge on any atom is 0.402 e. The maximum atomic E-state index is 13.9. The van der Waals surface area contributed by atoms with Crippen molar-refractivity contribution in [3.8, 4) is 16.9 Å². The summed E-state index contributed by atoms with van der Waals surface area (Å²) >= 11 is 0. The first-order chi connectivity index (χ1) is 21.8. The number of amides is 1. The van der Waals surface area contributed by atoms with Crippen LogP contribution < -0.4 is 15.6 Å². The van der Waals surface area contributed by atoms with Crippen LogP contribution in [0.3, 0.4) is 0 Å². The summed E-state index contributed by atoms with van der Waals surface area (Å²) in [5.74, 6) is -0.908. The number of aliphatic imine (C=N–C) groups is 1. The molecule has 1 heterocycles. The number of rotatable bonds is 13. The number of aliphatic hydroxyl groups is 1. The molecule has 46 heavy (non-hydrogen) atoms. The van der Waals surface area contributed by atoms with Gasteiger partial charge in [0.2, 0.25) is 5.90 Å². The molecular weight excluding hydrogens is 603 g/mol. The van der Waals surface area contributed by atoms with Gasteiger partial charge in [-0.05, 0) is 68.1 Å². The molecule has 4 rings (SSSR count). The highest BCUT2D eigenvalue weighted by Crippen LogP contribution is 2.44. The van der Waals surface area contributed by atoms with Gasteiger partial charge in [-0.15, -0.1) is 0 Å². The lowest BCUT2D eigenvalue weighted by molar-refractivity contribution is -0.155. The fourth-order valence-corrected chi connectivity index (χ4v) is 4.87. The van der Waals surface area contributed by atoms with E-state index in [4.69, 9.17) is 24.3 Å². The van der Waals surface area contributed by atoms with Crippen LogP contribution in [0.4, 0.5) is 13.2 Å². The molecular formula is C34H38F3N3O6. The van der Waals surface area contributed by atoms with Gasteiger partial charge in [-0.3, -0.25) is 15.0 Å². The number of hydrogen-bond donors (Lipinski definition) is 3. The van der Waals surface area contributed by atoms with Gasteiger partial charge < -0.3 is 19.3 Å². The van der Waals surface area contributed by atoms with E-state index < -0.39 is 41.8 Å². The van der Waals surface area contributed by atoms with Crippen molar-refractivity contribution < 1.29 is 42.1 Å². The van der Waals surface area contributed by atoms with E-state index in [1.165, 1.54) is 0 Å². The van der Waals surface area contributed by atoms with Crippen molar-refractivity contribution in [2.24, 2.45) is 4.99 Å². The van der Waals surface area contributed by atoms with E-state index in [2.05, 4.69) is 5.43 Å². The molecule has 9 nitrogen and oxygen atoms in total. The molecule has 1 aliphatic heterocycles. The van der Waals surface area contributed by atoms with Gasteiger partial charge in [-0.25, -0.2) is 10.4 Å². The van der Waals surface area contributed by atoms with Crippen LogP contribution in [0.1, 0.15) is 57.3 Å². The first kappa shape index (κ1) is 34.5. The summed E-state index contributed by atoms with van der Waals surface area (Å²) in [7, 11) is 0. The Bertz CT molecular complexity index is 1490. The Hall–Kier alpha value is -4.42. The number of ether oxygens (including phenoxy) is 3. The lowest BCUT2D eigenvalue weighted by atomic mass is 9.83. The molecule has 3 N–H and O–H groups in total. The normalized spacial score (nSPS) is 18.0. The lowest BCUT2D eigenvalue weighted by Crippen LogP contribution is -2.54. The number of carbonyl (C=O) groups is 2. The van der Waals surface area contributed by atoms with E-state index in [0.29, 0.717) is 29.9 Å². The zero-order chi connectivity index (χ0) is 33.4. The largest absolute Gasteiger partial charge is 0.494 e. The number of carbonyl (C=O) groups excluding carboxylic acids is 2. The molecule has 0 radical (unpaired) electrons. The molecule has 1 aliphatic rings. The Morgan fingerprint density at radius 3 is 2.17 bits per heavy atom. The Morgan fingerprint density at radius 1 is 0.935 bits per heavy atom. The van der Waals surface area contributed by atoms with Crippen LogP contribution in [0.15, 0.2) is 83.9 Å². The van der Waals surface area contributed by atoms with E-state index in [1.807, 2.05) is 47.9 Å². The van der Waals surface area contributed by atoms with Crippen LogP contribution in [-0.2, 0) is 19.1 Å². The molecule has 2 atom stereocenters. The average molecular weight is 642 g/mol. The van der Waals surface area contributed by atoms with Crippen LogP contribution in [0.5, 0.6) is 5.75 Å². The Kier molecular flexibility index (Phi) is 11.1. The zero-order valence-corrected chi connectivity index (χ0v) is 25.9. The summed E-state index contributed by atoms with van der Waals surface area (Å²) in [6.07, 6.45) is -5.73. The zero-order valence-electron chi connectivity index (χ0n) is 25.9. The summed E-state index contributed by atoms with van der Waals surface area (Å²) in [4.78, 5) is 31.4. The number of halogens is 3. The first-order valence-corrected chi connectivity index (χ1v) is 14.9. The molecule has 246 valence electrons. The molecule has 0 bridgehead atoms. The predicted molar refractivity (Wildman–Crippen MR) is 166 cm³/mol. The molecule has 3 aromatic rings. The van der Waals surface area contributed by atoms with Gasteiger partial charge >= 0.3 is 12.1 Å². The predicted octanol–water partition coefficient (Wildman–Crippen LogP) is 5.68. The van der Waals surface area contributed by atoms with Crippen molar-refractivity contribution in [1.29, 1.82) is 0 Å². The number of benzene rings is 3. The molecule has 0 unspecified atom stereocenters. The minimum absolute atomic E-state index is 0.0122. The van der Waals surface area contributed by atoms with Gasteiger partial charge in [0.1, 0.15) is 17.9 Å². The molecule has 0 fully saturated rings. The lowest BCUT2D eigenvalue weighted by Gasteiger charge is -2.31. The molecule has 0 saturated heterocycles. The molecule has 0 aromatic heterocycles. The fraction of sp³-hybridized carbons (Fsp3) is 0.382. The third-order valence-corrected chi connectivity index (χ3v) is 6.97. The SMILES string of the molecule is CC(C)(C)OC(=O)CC[C@]1(C(=O)NNCC(F)(F)F)N=C(c2ccc(OCCCO)cc2)O[C@H]1c1ccc(-c2ccccc2)cc1. The summed E-state index contributed by atoms with van der Waals surface area (Å²) in [5, 5.41) is 9.01. The van der Waals surface area contributed by atoms with Crippen molar-refractivity contribution in [3.63, 3.8) is 0 Å². The number of alkyl halides is 3. The smallest absolute Gasteiger partial charge is 0.402 e. The highest BCUT2D eigenvalue weighted by molar-refractivity contribution is 6.01. The Morgan fingerprint density at radius 2 is 1.57 bits per heavy atom. The quantitative estimate of drug-likeness (QED) is 0.125. The minimum atomic E-state index is -4.59. The number of aliphatic hydroxyl groups excluding tert-OH is 1. The molecule has 1 amide bonds. The van der Waals surface area contributed by atoms with Gasteiger partial charge in [0, 0.05) is 25.0 Å². The minimum Gasteiger partial charge on any atom is -0.494 e. The van der Waals surface area contributed by atoms with E-state index in [0.717, 1.165) is 11.1 Å². The summed E-state index contributed by atoms with van der Waals surface area (Å²) in [6, 6.07) is 23.5. The Balaban J connectivity index is 1.73. The van der Waals surface area contributed by atoms with Crippen molar-refractivity contribution in [2.45, 2.75) is 63.5 Å². The Labute approximate surface area is 265 Å². The summed E-state index contributed by atoms with van der Waals surface area (Å²) in [6.45, 7) is 3.94. The molecule has 3 aromatic carbocycles. The van der Waals surface area contributed by atoms with Gasteiger partial charge in [-0.1, -0.05) is 54.6 Å². The molecule has 0 aliphatic carbocycles. The molecule has 0 spiro atoms. The van der Waals surface area contributed by atoms with Crippen LogP contribution in [0, 0.1) is 0 Å². The first-order valence-electron chi connectivity index (χ1n) is 14.9. The molecule has 0 saturated carbocycles. The van der Waals surface area contributed by atoms with Crippen molar-refractivity contribution in [2.75, 3.05) is 19.8 Å². The number of nitrogens with one attached hydrogen (secondary N) is 2. The van der Waals surface area contributed by atoms with Crippen LogP contribution in [0.25, 0.3) is 11.1 Å². The third-order valence-electron chi connectivity index (χ3n) is 6.97. The van der Waals surface area contributed by atoms with Crippen molar-refractivity contribution in [3.05, 3.63) is 90.0 Å². The van der Waals surface area contributed by atoms with Crippen LogP contribution >= 0.6 is 0 Å². The monoisotopic (exact) mass is 641 g/mol. The van der Waals surface area contributed by atoms with Crippen molar-refractivity contribution >= 4 is 17.8 Å². The topological polar surface area (TPSA) is 118 Å². The van der Waals surface area contributed by atoms with Gasteiger partial charge in [0.05, 0.1) is 6.61 Å². The molecule has 12 heteroatoms. The standard InChI is InChI=1S/C34H38F3N3O6/c1-32(2,3)46-28(42)18-19-33(31(43)40-38-22-34(35,36)37)29(25-12-10-24(11-13-25)23-8-5-4-6-9-23)45-30(39-33)26-14-16-27(17-15-26)44-21-7-20-41/h4-6,8-17,29,38,41H,7,18-22H2,1-3H3,(H,40,43)/t29-,33-/m0/s1. The second-order valence-corrected chi connectivity index (χ2v) is 11.8. The number of nitrogens with zero attached hydrogens (tertiary/aromatic N) is 1. The number of hydrazine groups is 1. The van der Waals surface area contributed by atoms with E-state index in [9.17, 15) is 22.8 Å². The van der Waals surface area contributed by atoms with Gasteiger partial charge in [-0.2, -0.15) is 13.2 Å².